The first-order valence-electron chi connectivity index (χ1n) is 7.73. The average Bonchev–Trinajstić information content (AvgIpc) is 3.12. The lowest BCUT2D eigenvalue weighted by atomic mass is 10.1. The molecule has 5 heteroatoms. The highest BCUT2D eigenvalue weighted by Gasteiger charge is 2.30. The molecule has 2 aliphatic rings. The Morgan fingerprint density at radius 2 is 1.95 bits per heavy atom. The zero-order valence-corrected chi connectivity index (χ0v) is 12.1. The smallest absolute Gasteiger partial charge is 0.164 e. The standard InChI is InChI=1S/C16H22F2N2O/c17-14-5-3-4-13(16(14)18)15(21)11-19-9-6-12(10-19)20-7-1-2-8-20/h3-5,12,15,21H,1-2,6-11H2. The minimum Gasteiger partial charge on any atom is -0.387 e. The van der Waals surface area contributed by atoms with Gasteiger partial charge in [-0.15, -0.1) is 0 Å². The molecule has 0 bridgehead atoms. The molecule has 2 aliphatic heterocycles. The lowest BCUT2D eigenvalue weighted by Crippen LogP contribution is -2.36. The summed E-state index contributed by atoms with van der Waals surface area (Å²) >= 11 is 0. The highest BCUT2D eigenvalue weighted by atomic mass is 19.2. The molecule has 1 aromatic carbocycles. The largest absolute Gasteiger partial charge is 0.387 e. The molecule has 0 radical (unpaired) electrons. The third kappa shape index (κ3) is 3.25. The topological polar surface area (TPSA) is 26.7 Å². The van der Waals surface area contributed by atoms with Crippen LogP contribution in [0.25, 0.3) is 0 Å². The quantitative estimate of drug-likeness (QED) is 0.922. The normalized spacial score (nSPS) is 25.6. The van der Waals surface area contributed by atoms with Crippen molar-refractivity contribution in [3.8, 4) is 0 Å². The molecule has 21 heavy (non-hydrogen) atoms. The van der Waals surface area contributed by atoms with Crippen LogP contribution in [0.1, 0.15) is 30.9 Å². The first kappa shape index (κ1) is 14.9. The highest BCUT2D eigenvalue weighted by Crippen LogP contribution is 2.24. The summed E-state index contributed by atoms with van der Waals surface area (Å²) in [5, 5.41) is 10.2. The molecule has 0 aliphatic carbocycles. The maximum Gasteiger partial charge on any atom is 0.164 e. The van der Waals surface area contributed by atoms with E-state index in [1.165, 1.54) is 38.1 Å². The van der Waals surface area contributed by atoms with Gasteiger partial charge in [-0.25, -0.2) is 8.78 Å². The molecule has 2 atom stereocenters. The van der Waals surface area contributed by atoms with Crippen molar-refractivity contribution in [1.29, 1.82) is 0 Å². The Morgan fingerprint density at radius 3 is 2.71 bits per heavy atom. The van der Waals surface area contributed by atoms with Crippen molar-refractivity contribution >= 4 is 0 Å². The van der Waals surface area contributed by atoms with E-state index in [-0.39, 0.29) is 5.56 Å². The summed E-state index contributed by atoms with van der Waals surface area (Å²) in [6.07, 6.45) is 2.66. The van der Waals surface area contributed by atoms with Crippen molar-refractivity contribution in [1.82, 2.24) is 9.80 Å². The molecule has 2 heterocycles. The second kappa shape index (κ2) is 6.38. The van der Waals surface area contributed by atoms with E-state index >= 15 is 0 Å². The molecular weight excluding hydrogens is 274 g/mol. The number of β-amino-alcohol motifs (C(OH)–C–C–N with tert-alkyl or cyclic N) is 1. The number of hydrogen-bond donors (Lipinski definition) is 1. The third-order valence-electron chi connectivity index (χ3n) is 4.68. The van der Waals surface area contributed by atoms with Gasteiger partial charge in [-0.05, 0) is 45.0 Å². The van der Waals surface area contributed by atoms with E-state index in [0.717, 1.165) is 25.6 Å². The number of rotatable bonds is 4. The molecular formula is C16H22F2N2O. The Bertz CT molecular complexity index is 491. The predicted molar refractivity (Wildman–Crippen MR) is 77.0 cm³/mol. The van der Waals surface area contributed by atoms with Gasteiger partial charge < -0.3 is 5.11 Å². The highest BCUT2D eigenvalue weighted by molar-refractivity contribution is 5.21. The van der Waals surface area contributed by atoms with Crippen molar-refractivity contribution in [2.24, 2.45) is 0 Å². The average molecular weight is 296 g/mol. The molecule has 2 fully saturated rings. The summed E-state index contributed by atoms with van der Waals surface area (Å²) in [5.74, 6) is -1.83. The van der Waals surface area contributed by atoms with Crippen molar-refractivity contribution in [3.63, 3.8) is 0 Å². The Morgan fingerprint density at radius 1 is 1.19 bits per heavy atom. The van der Waals surface area contributed by atoms with Crippen molar-refractivity contribution < 1.29 is 13.9 Å². The minimum atomic E-state index is -0.974. The lowest BCUT2D eigenvalue weighted by Gasteiger charge is -2.25. The van der Waals surface area contributed by atoms with Crippen LogP contribution < -0.4 is 0 Å². The number of hydrogen-bond acceptors (Lipinski definition) is 3. The number of benzene rings is 1. The summed E-state index contributed by atoms with van der Waals surface area (Å²) in [6, 6.07) is 4.52. The van der Waals surface area contributed by atoms with Gasteiger partial charge in [0, 0.05) is 24.7 Å². The SMILES string of the molecule is OC(CN1CCC(N2CCCC2)C1)c1cccc(F)c1F. The molecule has 0 amide bonds. The van der Waals surface area contributed by atoms with Crippen molar-refractivity contribution in [3.05, 3.63) is 35.4 Å². The van der Waals surface area contributed by atoms with Gasteiger partial charge >= 0.3 is 0 Å². The van der Waals surface area contributed by atoms with Crippen LogP contribution in [0, 0.1) is 11.6 Å². The number of aliphatic hydroxyl groups excluding tert-OH is 1. The summed E-state index contributed by atoms with van der Waals surface area (Å²) < 4.78 is 26.9. The maximum atomic E-state index is 13.7. The fourth-order valence-corrected chi connectivity index (χ4v) is 3.50. The summed E-state index contributed by atoms with van der Waals surface area (Å²) in [5.41, 5.74) is 0.0552. The summed E-state index contributed by atoms with van der Waals surface area (Å²) in [4.78, 5) is 4.66. The number of halogens is 2. The number of likely N-dealkylation sites (tertiary alicyclic amines) is 2. The maximum absolute atomic E-state index is 13.7. The molecule has 3 rings (SSSR count). The molecule has 0 spiro atoms. The molecule has 116 valence electrons. The Kier molecular flexibility index (Phi) is 4.52. The lowest BCUT2D eigenvalue weighted by molar-refractivity contribution is 0.116. The van der Waals surface area contributed by atoms with Crippen LogP contribution in [-0.4, -0.2) is 53.7 Å². The van der Waals surface area contributed by atoms with Crippen LogP contribution in [0.4, 0.5) is 8.78 Å². The van der Waals surface area contributed by atoms with Gasteiger partial charge in [-0.2, -0.15) is 0 Å². The Labute approximate surface area is 124 Å². The van der Waals surface area contributed by atoms with E-state index in [1.807, 2.05) is 0 Å². The monoisotopic (exact) mass is 296 g/mol. The van der Waals surface area contributed by atoms with Gasteiger partial charge in [-0.3, -0.25) is 9.80 Å². The first-order valence-corrected chi connectivity index (χ1v) is 7.73. The van der Waals surface area contributed by atoms with Gasteiger partial charge in [0.2, 0.25) is 0 Å². The third-order valence-corrected chi connectivity index (χ3v) is 4.68. The zero-order valence-electron chi connectivity index (χ0n) is 12.1. The van der Waals surface area contributed by atoms with Gasteiger partial charge in [0.1, 0.15) is 0 Å². The van der Waals surface area contributed by atoms with E-state index in [1.54, 1.807) is 0 Å². The van der Waals surface area contributed by atoms with Crippen LogP contribution >= 0.6 is 0 Å². The Hall–Kier alpha value is -1.04. The van der Waals surface area contributed by atoms with E-state index in [0.29, 0.717) is 12.6 Å². The second-order valence-electron chi connectivity index (χ2n) is 6.10. The van der Waals surface area contributed by atoms with Crippen LogP contribution in [0.3, 0.4) is 0 Å². The summed E-state index contributed by atoms with van der Waals surface area (Å²) in [6.45, 7) is 4.52. The van der Waals surface area contributed by atoms with Gasteiger partial charge in [0.05, 0.1) is 6.10 Å². The molecule has 1 N–H and O–H groups in total. The number of nitrogens with zero attached hydrogens (tertiary/aromatic N) is 2. The van der Waals surface area contributed by atoms with Gasteiger partial charge in [-0.1, -0.05) is 12.1 Å². The molecule has 0 aromatic heterocycles. The molecule has 2 saturated heterocycles. The second-order valence-corrected chi connectivity index (χ2v) is 6.10. The van der Waals surface area contributed by atoms with Gasteiger partial charge in [0.15, 0.2) is 11.6 Å². The van der Waals surface area contributed by atoms with Crippen molar-refractivity contribution in [2.75, 3.05) is 32.7 Å². The van der Waals surface area contributed by atoms with E-state index in [4.69, 9.17) is 0 Å². The summed E-state index contributed by atoms with van der Waals surface area (Å²) in [7, 11) is 0. The predicted octanol–water partition coefficient (Wildman–Crippen LogP) is 2.17. The van der Waals surface area contributed by atoms with E-state index < -0.39 is 17.7 Å². The molecule has 0 saturated carbocycles. The fraction of sp³-hybridized carbons (Fsp3) is 0.625. The molecule has 3 nitrogen and oxygen atoms in total. The van der Waals surface area contributed by atoms with Crippen LogP contribution in [0.2, 0.25) is 0 Å². The minimum absolute atomic E-state index is 0.0552. The van der Waals surface area contributed by atoms with Crippen molar-refractivity contribution in [2.45, 2.75) is 31.4 Å². The number of aliphatic hydroxyl groups is 1. The first-order chi connectivity index (χ1) is 10.1. The molecule has 2 unspecified atom stereocenters. The molecule has 1 aromatic rings. The fourth-order valence-electron chi connectivity index (χ4n) is 3.50. The zero-order chi connectivity index (χ0) is 14.8. The van der Waals surface area contributed by atoms with Crippen LogP contribution in [0.15, 0.2) is 18.2 Å². The Balaban J connectivity index is 1.58. The van der Waals surface area contributed by atoms with E-state index in [2.05, 4.69) is 9.80 Å². The van der Waals surface area contributed by atoms with Crippen LogP contribution in [0.5, 0.6) is 0 Å². The van der Waals surface area contributed by atoms with Gasteiger partial charge in [0.25, 0.3) is 0 Å². The van der Waals surface area contributed by atoms with E-state index in [9.17, 15) is 13.9 Å². The van der Waals surface area contributed by atoms with Crippen LogP contribution in [-0.2, 0) is 0 Å².